The molecule has 0 N–H and O–H groups in total. The number of nitrogens with zero attached hydrogens (tertiary/aromatic N) is 1. The molecule has 1 rings (SSSR count). The van der Waals surface area contributed by atoms with Crippen molar-refractivity contribution in [1.82, 2.24) is 4.98 Å². The molecule has 3 nitrogen and oxygen atoms in total. The van der Waals surface area contributed by atoms with Crippen molar-refractivity contribution in [3.05, 3.63) is 16.1 Å². The van der Waals surface area contributed by atoms with Gasteiger partial charge in [0, 0.05) is 7.11 Å². The van der Waals surface area contributed by atoms with Crippen LogP contribution in [0.5, 0.6) is 0 Å². The third kappa shape index (κ3) is 1.85. The molecule has 0 unspecified atom stereocenters. The van der Waals surface area contributed by atoms with E-state index in [1.54, 1.807) is 5.51 Å². The molecule has 1 aromatic rings. The number of rotatable bonds is 3. The quantitative estimate of drug-likeness (QED) is 0.643. The van der Waals surface area contributed by atoms with E-state index in [1.165, 1.54) is 18.4 Å². The number of hydrogen-bond donors (Lipinski definition) is 0. The maximum absolute atomic E-state index is 11.2. The molecule has 60 valence electrons. The molecule has 0 aromatic carbocycles. The van der Waals surface area contributed by atoms with Gasteiger partial charge in [-0.3, -0.25) is 4.79 Å². The van der Waals surface area contributed by atoms with Gasteiger partial charge in [-0.15, -0.1) is 11.3 Å². The highest BCUT2D eigenvalue weighted by Gasteiger charge is 2.10. The van der Waals surface area contributed by atoms with E-state index in [1.807, 2.05) is 6.92 Å². The topological polar surface area (TPSA) is 39.2 Å². The summed E-state index contributed by atoms with van der Waals surface area (Å²) in [6, 6.07) is 0. The molecular formula is C7H9NO2S. The molecule has 0 fully saturated rings. The van der Waals surface area contributed by atoms with E-state index in [-0.39, 0.29) is 12.4 Å². The Kier molecular flexibility index (Phi) is 2.73. The molecule has 0 spiro atoms. The fourth-order valence-electron chi connectivity index (χ4n) is 0.766. The molecule has 0 aliphatic heterocycles. The van der Waals surface area contributed by atoms with Crippen LogP contribution in [0, 0.1) is 6.92 Å². The number of ketones is 1. The predicted octanol–water partition coefficient (Wildman–Crippen LogP) is 1.28. The van der Waals surface area contributed by atoms with E-state index in [0.29, 0.717) is 4.88 Å². The van der Waals surface area contributed by atoms with Crippen molar-refractivity contribution in [1.29, 1.82) is 0 Å². The Morgan fingerprint density at radius 3 is 3.00 bits per heavy atom. The van der Waals surface area contributed by atoms with Gasteiger partial charge in [0.15, 0.2) is 5.78 Å². The summed E-state index contributed by atoms with van der Waals surface area (Å²) in [6.07, 6.45) is 0. The van der Waals surface area contributed by atoms with Gasteiger partial charge in [0.05, 0.1) is 16.1 Å². The number of ether oxygens (including phenoxy) is 1. The van der Waals surface area contributed by atoms with Crippen molar-refractivity contribution in [3.8, 4) is 0 Å². The summed E-state index contributed by atoms with van der Waals surface area (Å²) in [5, 5.41) is 0. The van der Waals surface area contributed by atoms with Crippen LogP contribution in [-0.4, -0.2) is 24.5 Å². The van der Waals surface area contributed by atoms with E-state index >= 15 is 0 Å². The van der Waals surface area contributed by atoms with Gasteiger partial charge >= 0.3 is 0 Å². The van der Waals surface area contributed by atoms with Crippen molar-refractivity contribution < 1.29 is 9.53 Å². The molecule has 0 aliphatic carbocycles. The zero-order valence-electron chi connectivity index (χ0n) is 6.46. The molecule has 1 heterocycles. The number of carbonyl (C=O) groups is 1. The molecule has 0 amide bonds. The molecule has 0 aliphatic rings. The molecule has 0 bridgehead atoms. The second kappa shape index (κ2) is 3.59. The highest BCUT2D eigenvalue weighted by Crippen LogP contribution is 2.12. The van der Waals surface area contributed by atoms with Crippen LogP contribution in [0.4, 0.5) is 0 Å². The normalized spacial score (nSPS) is 10.0. The smallest absolute Gasteiger partial charge is 0.200 e. The Balaban J connectivity index is 2.76. The van der Waals surface area contributed by atoms with Gasteiger partial charge < -0.3 is 4.74 Å². The number of hydrogen-bond acceptors (Lipinski definition) is 4. The number of carbonyl (C=O) groups excluding carboxylic acids is 1. The first-order chi connectivity index (χ1) is 5.25. The monoisotopic (exact) mass is 171 g/mol. The first kappa shape index (κ1) is 8.36. The Hall–Kier alpha value is -0.740. The number of thiazole rings is 1. The molecule has 11 heavy (non-hydrogen) atoms. The summed E-state index contributed by atoms with van der Waals surface area (Å²) in [5.41, 5.74) is 2.45. The van der Waals surface area contributed by atoms with Crippen LogP contribution in [0.3, 0.4) is 0 Å². The molecule has 0 radical (unpaired) electrons. The van der Waals surface area contributed by atoms with Gasteiger partial charge in [-0.1, -0.05) is 0 Å². The van der Waals surface area contributed by atoms with Crippen molar-refractivity contribution in [2.75, 3.05) is 13.7 Å². The highest BCUT2D eigenvalue weighted by molar-refractivity contribution is 7.11. The van der Waals surface area contributed by atoms with Crippen LogP contribution in [0.2, 0.25) is 0 Å². The Labute approximate surface area is 69.0 Å². The van der Waals surface area contributed by atoms with Gasteiger partial charge in [-0.05, 0) is 6.92 Å². The van der Waals surface area contributed by atoms with Crippen LogP contribution >= 0.6 is 11.3 Å². The minimum Gasteiger partial charge on any atom is -0.376 e. The Morgan fingerprint density at radius 2 is 2.55 bits per heavy atom. The summed E-state index contributed by atoms with van der Waals surface area (Å²) in [4.78, 5) is 15.8. The maximum atomic E-state index is 11.2. The van der Waals surface area contributed by atoms with Crippen LogP contribution in [0.1, 0.15) is 15.4 Å². The first-order valence-corrected chi connectivity index (χ1v) is 4.06. The van der Waals surface area contributed by atoms with Crippen molar-refractivity contribution in [3.63, 3.8) is 0 Å². The zero-order chi connectivity index (χ0) is 8.27. The molecular weight excluding hydrogens is 162 g/mol. The van der Waals surface area contributed by atoms with Crippen molar-refractivity contribution in [2.45, 2.75) is 6.92 Å². The van der Waals surface area contributed by atoms with Gasteiger partial charge in [0.25, 0.3) is 0 Å². The first-order valence-electron chi connectivity index (χ1n) is 3.18. The summed E-state index contributed by atoms with van der Waals surface area (Å²) in [5.74, 6) is 0.00694. The standard InChI is InChI=1S/C7H9NO2S/c1-5-7(11-4-8-5)6(9)3-10-2/h4H,3H2,1-2H3. The lowest BCUT2D eigenvalue weighted by Crippen LogP contribution is -2.06. The third-order valence-corrected chi connectivity index (χ3v) is 2.24. The Morgan fingerprint density at radius 1 is 1.82 bits per heavy atom. The average Bonchev–Trinajstić information content (AvgIpc) is 2.36. The zero-order valence-corrected chi connectivity index (χ0v) is 7.27. The number of aryl methyl sites for hydroxylation is 1. The fraction of sp³-hybridized carbons (Fsp3) is 0.429. The summed E-state index contributed by atoms with van der Waals surface area (Å²) < 4.78 is 4.71. The second-order valence-electron chi connectivity index (χ2n) is 2.12. The molecule has 1 aromatic heterocycles. The van der Waals surface area contributed by atoms with Crippen LogP contribution < -0.4 is 0 Å². The Bertz CT molecular complexity index is 257. The molecule has 0 atom stereocenters. The van der Waals surface area contributed by atoms with Crippen LogP contribution in [-0.2, 0) is 4.74 Å². The average molecular weight is 171 g/mol. The van der Waals surface area contributed by atoms with E-state index in [9.17, 15) is 4.79 Å². The molecule has 0 saturated heterocycles. The maximum Gasteiger partial charge on any atom is 0.200 e. The van der Waals surface area contributed by atoms with Gasteiger partial charge in [0.1, 0.15) is 6.61 Å². The summed E-state index contributed by atoms with van der Waals surface area (Å²) in [7, 11) is 1.51. The molecule has 0 saturated carbocycles. The van der Waals surface area contributed by atoms with E-state index in [4.69, 9.17) is 4.74 Å². The summed E-state index contributed by atoms with van der Waals surface area (Å²) >= 11 is 1.36. The van der Waals surface area contributed by atoms with E-state index < -0.39 is 0 Å². The van der Waals surface area contributed by atoms with Gasteiger partial charge in [-0.2, -0.15) is 0 Å². The number of aromatic nitrogens is 1. The van der Waals surface area contributed by atoms with Crippen molar-refractivity contribution in [2.24, 2.45) is 0 Å². The van der Waals surface area contributed by atoms with Crippen LogP contribution in [0.25, 0.3) is 0 Å². The molecule has 4 heteroatoms. The minimum atomic E-state index is 0.00694. The SMILES string of the molecule is COCC(=O)c1scnc1C. The lowest BCUT2D eigenvalue weighted by molar-refractivity contribution is 0.0851. The fourth-order valence-corrected chi connectivity index (χ4v) is 1.50. The van der Waals surface area contributed by atoms with Gasteiger partial charge in [-0.25, -0.2) is 4.98 Å². The summed E-state index contributed by atoms with van der Waals surface area (Å²) in [6.45, 7) is 1.96. The largest absolute Gasteiger partial charge is 0.376 e. The number of Topliss-reactive ketones (excluding diaryl/α,β-unsaturated/α-hetero) is 1. The van der Waals surface area contributed by atoms with Crippen molar-refractivity contribution >= 4 is 17.1 Å². The minimum absolute atomic E-state index is 0.00694. The third-order valence-electron chi connectivity index (χ3n) is 1.27. The van der Waals surface area contributed by atoms with Crippen LogP contribution in [0.15, 0.2) is 5.51 Å². The predicted molar refractivity (Wildman–Crippen MR) is 43.1 cm³/mol. The second-order valence-corrected chi connectivity index (χ2v) is 2.98. The lowest BCUT2D eigenvalue weighted by atomic mass is 10.3. The van der Waals surface area contributed by atoms with Gasteiger partial charge in [0.2, 0.25) is 0 Å². The van der Waals surface area contributed by atoms with E-state index in [0.717, 1.165) is 5.69 Å². The highest BCUT2D eigenvalue weighted by atomic mass is 32.1. The lowest BCUT2D eigenvalue weighted by Gasteiger charge is -1.94. The van der Waals surface area contributed by atoms with E-state index in [2.05, 4.69) is 4.98 Å². The number of methoxy groups -OCH3 is 1.